The van der Waals surface area contributed by atoms with E-state index in [2.05, 4.69) is 31.7 Å². The Balaban J connectivity index is 0.00000172. The van der Waals surface area contributed by atoms with Crippen LogP contribution in [0.4, 0.5) is 0 Å². The van der Waals surface area contributed by atoms with Crippen molar-refractivity contribution in [3.05, 3.63) is 90.1 Å². The van der Waals surface area contributed by atoms with Crippen LogP contribution in [-0.2, 0) is 16.1 Å². The molecule has 0 aliphatic heterocycles. The van der Waals surface area contributed by atoms with Crippen LogP contribution in [0.15, 0.2) is 73.0 Å². The highest BCUT2D eigenvalue weighted by atomic mass is 16.5. The van der Waals surface area contributed by atoms with E-state index in [-0.39, 0.29) is 12.5 Å². The Morgan fingerprint density at radius 3 is 2.30 bits per heavy atom. The van der Waals surface area contributed by atoms with Crippen molar-refractivity contribution < 1.29 is 14.3 Å². The predicted molar refractivity (Wildman–Crippen MR) is 139 cm³/mol. The molecule has 0 saturated heterocycles. The third-order valence-electron chi connectivity index (χ3n) is 4.71. The summed E-state index contributed by atoms with van der Waals surface area (Å²) in [6.45, 7) is 11.5. The number of carbonyl (C=O) groups excluding carboxylic acids is 1. The second-order valence-corrected chi connectivity index (χ2v) is 7.19. The maximum absolute atomic E-state index is 11.9. The summed E-state index contributed by atoms with van der Waals surface area (Å²) in [4.78, 5) is 16.6. The number of benzene rings is 1. The number of allylic oxidation sites excluding steroid dienone is 7. The number of carbonyl (C=O) groups is 1. The van der Waals surface area contributed by atoms with Gasteiger partial charge in [-0.25, -0.2) is 4.98 Å². The van der Waals surface area contributed by atoms with Crippen molar-refractivity contribution in [3.63, 3.8) is 0 Å². The fraction of sp³-hybridized carbons (Fsp3) is 0.286. The smallest absolute Gasteiger partial charge is 0.325 e. The van der Waals surface area contributed by atoms with Crippen LogP contribution in [0.3, 0.4) is 0 Å². The van der Waals surface area contributed by atoms with Gasteiger partial charge in [-0.3, -0.25) is 4.79 Å². The minimum absolute atomic E-state index is 0.101. The monoisotopic (exact) mass is 448 g/mol. The van der Waals surface area contributed by atoms with Gasteiger partial charge in [0, 0.05) is 6.20 Å². The van der Waals surface area contributed by atoms with E-state index in [1.165, 1.54) is 12.7 Å². The van der Waals surface area contributed by atoms with Crippen LogP contribution >= 0.6 is 0 Å². The van der Waals surface area contributed by atoms with Gasteiger partial charge in [0.1, 0.15) is 18.1 Å². The third-order valence-corrected chi connectivity index (χ3v) is 4.71. The minimum Gasteiger partial charge on any atom is -0.497 e. The van der Waals surface area contributed by atoms with Crippen molar-refractivity contribution in [2.75, 3.05) is 14.2 Å². The van der Waals surface area contributed by atoms with Gasteiger partial charge in [-0.15, -0.1) is 6.58 Å². The molecule has 5 nitrogen and oxygen atoms in total. The number of hydrogen-bond acceptors (Lipinski definition) is 4. The first-order chi connectivity index (χ1) is 15.9. The molecule has 1 aromatic carbocycles. The summed E-state index contributed by atoms with van der Waals surface area (Å²) in [5.41, 5.74) is 4.13. The van der Waals surface area contributed by atoms with E-state index in [9.17, 15) is 4.79 Å². The number of imidazole rings is 1. The summed E-state index contributed by atoms with van der Waals surface area (Å²) < 4.78 is 11.8. The summed E-state index contributed by atoms with van der Waals surface area (Å²) in [6.07, 6.45) is 16.7. The van der Waals surface area contributed by atoms with Gasteiger partial charge >= 0.3 is 5.97 Å². The molecule has 0 atom stereocenters. The SMILES string of the molecule is C/C=C(\C)C/C=C\C(=C/C)c1cn(CC(=O)OC)c(/C=C/c2ccc(OC)cc2)n1.C=CC. The highest BCUT2D eigenvalue weighted by Crippen LogP contribution is 2.19. The molecule has 176 valence electrons. The normalized spacial score (nSPS) is 11.9. The van der Waals surface area contributed by atoms with Gasteiger partial charge in [-0.1, -0.05) is 54.2 Å². The quantitative estimate of drug-likeness (QED) is 0.242. The zero-order chi connectivity index (χ0) is 24.6. The van der Waals surface area contributed by atoms with E-state index in [4.69, 9.17) is 14.5 Å². The number of nitrogens with zero attached hydrogens (tertiary/aromatic N) is 2. The summed E-state index contributed by atoms with van der Waals surface area (Å²) in [7, 11) is 3.03. The molecule has 0 N–H and O–H groups in total. The Morgan fingerprint density at radius 2 is 1.76 bits per heavy atom. The second-order valence-electron chi connectivity index (χ2n) is 7.19. The summed E-state index contributed by atoms with van der Waals surface area (Å²) in [6, 6.07) is 7.74. The lowest BCUT2D eigenvalue weighted by molar-refractivity contribution is -0.141. The topological polar surface area (TPSA) is 53.4 Å². The highest BCUT2D eigenvalue weighted by Gasteiger charge is 2.11. The van der Waals surface area contributed by atoms with Gasteiger partial charge in [0.2, 0.25) is 0 Å². The van der Waals surface area contributed by atoms with Crippen LogP contribution in [0.5, 0.6) is 5.75 Å². The average molecular weight is 449 g/mol. The summed E-state index contributed by atoms with van der Waals surface area (Å²) >= 11 is 0. The number of rotatable bonds is 9. The first kappa shape index (κ1) is 27.4. The van der Waals surface area contributed by atoms with Crippen molar-refractivity contribution in [3.8, 4) is 5.75 Å². The van der Waals surface area contributed by atoms with Gasteiger partial charge < -0.3 is 14.0 Å². The second kappa shape index (κ2) is 15.2. The van der Waals surface area contributed by atoms with Crippen LogP contribution in [0.1, 0.15) is 51.2 Å². The lowest BCUT2D eigenvalue weighted by atomic mass is 10.1. The molecule has 0 spiro atoms. The van der Waals surface area contributed by atoms with E-state index in [0.29, 0.717) is 5.82 Å². The first-order valence-electron chi connectivity index (χ1n) is 10.9. The highest BCUT2D eigenvalue weighted by molar-refractivity contribution is 5.75. The van der Waals surface area contributed by atoms with Crippen LogP contribution in [0.25, 0.3) is 17.7 Å². The Kier molecular flexibility index (Phi) is 12.7. The van der Waals surface area contributed by atoms with Crippen molar-refractivity contribution >= 4 is 23.7 Å². The van der Waals surface area contributed by atoms with Crippen LogP contribution in [0, 0.1) is 0 Å². The van der Waals surface area contributed by atoms with Crippen LogP contribution in [-0.4, -0.2) is 29.7 Å². The molecule has 0 radical (unpaired) electrons. The maximum Gasteiger partial charge on any atom is 0.325 e. The molecule has 2 aromatic rings. The van der Waals surface area contributed by atoms with E-state index in [1.54, 1.807) is 17.8 Å². The fourth-order valence-corrected chi connectivity index (χ4v) is 2.74. The number of ether oxygens (including phenoxy) is 2. The van der Waals surface area contributed by atoms with E-state index in [0.717, 1.165) is 29.0 Å². The lowest BCUT2D eigenvalue weighted by Gasteiger charge is -2.03. The zero-order valence-corrected chi connectivity index (χ0v) is 20.7. The molecule has 1 aromatic heterocycles. The minimum atomic E-state index is -0.320. The number of aromatic nitrogens is 2. The summed E-state index contributed by atoms with van der Waals surface area (Å²) in [5.74, 6) is 1.17. The van der Waals surface area contributed by atoms with E-state index in [1.807, 2.05) is 69.5 Å². The third kappa shape index (κ3) is 9.60. The standard InChI is InChI=1S/C25H30N2O3.C3H6/c1-6-19(3)9-8-10-21(7-2)23-17-27(18-25(28)30-5)24(26-23)16-13-20-11-14-22(29-4)15-12-20;1-3-2/h6-8,10-17H,9,18H2,1-5H3;3H,1H2,2H3/b10-8-,16-13+,19-6+,21-7+;. The van der Waals surface area contributed by atoms with Gasteiger partial charge in [0.25, 0.3) is 0 Å². The molecule has 0 aliphatic rings. The van der Waals surface area contributed by atoms with Crippen LogP contribution in [0.2, 0.25) is 0 Å². The lowest BCUT2D eigenvalue weighted by Crippen LogP contribution is -2.11. The Hall–Kier alpha value is -3.60. The Morgan fingerprint density at radius 1 is 1.09 bits per heavy atom. The van der Waals surface area contributed by atoms with Gasteiger partial charge in [0.05, 0.1) is 19.9 Å². The molecule has 0 fully saturated rings. The Labute approximate surface area is 198 Å². The van der Waals surface area contributed by atoms with Gasteiger partial charge in [0.15, 0.2) is 0 Å². The van der Waals surface area contributed by atoms with Crippen LogP contribution < -0.4 is 4.74 Å². The largest absolute Gasteiger partial charge is 0.497 e. The Bertz CT molecular complexity index is 1010. The molecular weight excluding hydrogens is 412 g/mol. The van der Waals surface area contributed by atoms with E-state index < -0.39 is 0 Å². The molecule has 0 saturated carbocycles. The molecule has 1 heterocycles. The molecule has 0 bridgehead atoms. The molecule has 0 aliphatic carbocycles. The molecule has 0 unspecified atom stereocenters. The van der Waals surface area contributed by atoms with Crippen molar-refractivity contribution in [1.29, 1.82) is 0 Å². The maximum atomic E-state index is 11.9. The molecule has 0 amide bonds. The molecule has 5 heteroatoms. The first-order valence-corrected chi connectivity index (χ1v) is 10.9. The molecule has 2 rings (SSSR count). The van der Waals surface area contributed by atoms with Gasteiger partial charge in [-0.2, -0.15) is 0 Å². The molecule has 33 heavy (non-hydrogen) atoms. The van der Waals surface area contributed by atoms with E-state index >= 15 is 0 Å². The number of esters is 1. The number of hydrogen-bond donors (Lipinski definition) is 0. The van der Waals surface area contributed by atoms with Crippen molar-refractivity contribution in [1.82, 2.24) is 9.55 Å². The number of methoxy groups -OCH3 is 2. The van der Waals surface area contributed by atoms with Crippen molar-refractivity contribution in [2.45, 2.75) is 40.7 Å². The summed E-state index contributed by atoms with van der Waals surface area (Å²) in [5, 5.41) is 0. The van der Waals surface area contributed by atoms with Crippen molar-refractivity contribution in [2.24, 2.45) is 0 Å². The fourth-order valence-electron chi connectivity index (χ4n) is 2.74. The predicted octanol–water partition coefficient (Wildman–Crippen LogP) is 6.74. The average Bonchev–Trinajstić information content (AvgIpc) is 3.23. The van der Waals surface area contributed by atoms with Gasteiger partial charge in [-0.05, 0) is 63.5 Å². The zero-order valence-electron chi connectivity index (χ0n) is 20.7. The molecular formula is C28H36N2O3.